The highest BCUT2D eigenvalue weighted by molar-refractivity contribution is 4.80. The van der Waals surface area contributed by atoms with Crippen LogP contribution in [0.15, 0.2) is 0 Å². The number of hydrogen-bond donors (Lipinski definition) is 1. The average molecular weight is 183 g/mol. The molecule has 0 amide bonds. The van der Waals surface area contributed by atoms with Gasteiger partial charge in [0.05, 0.1) is 0 Å². The fourth-order valence-electron chi connectivity index (χ4n) is 1.22. The number of rotatable bonds is 6. The van der Waals surface area contributed by atoms with Crippen molar-refractivity contribution in [3.63, 3.8) is 0 Å². The molecule has 1 aromatic heterocycles. The summed E-state index contributed by atoms with van der Waals surface area (Å²) in [6, 6.07) is 0. The molecule has 0 saturated heterocycles. The molecular formula is C8H17N5. The standard InChI is InChI=1S/C8H17N5/c1-2-3-4-7-13-8(5-6-9)10-11-12-13/h2-7,9H2,1H3. The van der Waals surface area contributed by atoms with Gasteiger partial charge in [-0.1, -0.05) is 19.8 Å². The Balaban J connectivity index is 2.40. The third-order valence-corrected chi connectivity index (χ3v) is 1.95. The SMILES string of the molecule is CCCCCn1nnnc1CCN. The molecule has 1 rings (SSSR count). The lowest BCUT2D eigenvalue weighted by molar-refractivity contribution is 0.519. The number of unbranched alkanes of at least 4 members (excludes halogenated alkanes) is 2. The van der Waals surface area contributed by atoms with E-state index in [9.17, 15) is 0 Å². The Morgan fingerprint density at radius 2 is 2.23 bits per heavy atom. The first kappa shape index (κ1) is 10.1. The zero-order valence-electron chi connectivity index (χ0n) is 8.11. The molecule has 0 saturated carbocycles. The highest BCUT2D eigenvalue weighted by atomic mass is 15.5. The Kier molecular flexibility index (Phi) is 4.39. The van der Waals surface area contributed by atoms with Gasteiger partial charge in [-0.2, -0.15) is 0 Å². The van der Waals surface area contributed by atoms with Gasteiger partial charge in [-0.3, -0.25) is 0 Å². The Bertz CT molecular complexity index is 232. The van der Waals surface area contributed by atoms with Crippen molar-refractivity contribution in [3.8, 4) is 0 Å². The molecule has 13 heavy (non-hydrogen) atoms. The molecule has 0 fully saturated rings. The summed E-state index contributed by atoms with van der Waals surface area (Å²) in [5.74, 6) is 0.901. The first-order chi connectivity index (χ1) is 6.38. The van der Waals surface area contributed by atoms with Crippen LogP contribution in [0.3, 0.4) is 0 Å². The van der Waals surface area contributed by atoms with Crippen LogP contribution in [0.4, 0.5) is 0 Å². The zero-order valence-corrected chi connectivity index (χ0v) is 8.11. The first-order valence-electron chi connectivity index (χ1n) is 4.83. The van der Waals surface area contributed by atoms with Crippen LogP contribution in [0, 0.1) is 0 Å². The van der Waals surface area contributed by atoms with E-state index in [4.69, 9.17) is 5.73 Å². The van der Waals surface area contributed by atoms with Crippen LogP contribution in [0.2, 0.25) is 0 Å². The van der Waals surface area contributed by atoms with Crippen molar-refractivity contribution in [3.05, 3.63) is 5.82 Å². The van der Waals surface area contributed by atoms with Crippen molar-refractivity contribution >= 4 is 0 Å². The zero-order chi connectivity index (χ0) is 9.52. The van der Waals surface area contributed by atoms with Gasteiger partial charge in [0.25, 0.3) is 0 Å². The van der Waals surface area contributed by atoms with Gasteiger partial charge in [-0.15, -0.1) is 5.10 Å². The van der Waals surface area contributed by atoms with Crippen LogP contribution >= 0.6 is 0 Å². The molecule has 0 aliphatic heterocycles. The molecule has 2 N–H and O–H groups in total. The van der Waals surface area contributed by atoms with Crippen LogP contribution in [0.1, 0.15) is 32.0 Å². The number of hydrogen-bond acceptors (Lipinski definition) is 4. The molecule has 0 unspecified atom stereocenters. The lowest BCUT2D eigenvalue weighted by atomic mass is 10.2. The lowest BCUT2D eigenvalue weighted by Gasteiger charge is -2.01. The highest BCUT2D eigenvalue weighted by Crippen LogP contribution is 1.99. The molecule has 1 heterocycles. The van der Waals surface area contributed by atoms with E-state index >= 15 is 0 Å². The fourth-order valence-corrected chi connectivity index (χ4v) is 1.22. The molecular weight excluding hydrogens is 166 g/mol. The van der Waals surface area contributed by atoms with Crippen LogP contribution in [0.5, 0.6) is 0 Å². The predicted molar refractivity (Wildman–Crippen MR) is 50.1 cm³/mol. The maximum atomic E-state index is 5.43. The van der Waals surface area contributed by atoms with Crippen LogP contribution in [-0.4, -0.2) is 26.8 Å². The molecule has 0 spiro atoms. The second-order valence-electron chi connectivity index (χ2n) is 3.06. The van der Waals surface area contributed by atoms with E-state index in [0.29, 0.717) is 6.54 Å². The average Bonchev–Trinajstić information content (AvgIpc) is 2.54. The van der Waals surface area contributed by atoms with Crippen LogP contribution in [0.25, 0.3) is 0 Å². The quantitative estimate of drug-likeness (QED) is 0.647. The summed E-state index contributed by atoms with van der Waals surface area (Å²) in [6.45, 7) is 3.70. The fraction of sp³-hybridized carbons (Fsp3) is 0.875. The van der Waals surface area contributed by atoms with Crippen molar-refractivity contribution in [2.75, 3.05) is 6.54 Å². The largest absolute Gasteiger partial charge is 0.330 e. The Labute approximate surface area is 78.3 Å². The predicted octanol–water partition coefficient (Wildman–Crippen LogP) is 0.364. The molecule has 0 aliphatic rings. The molecule has 74 valence electrons. The van der Waals surface area contributed by atoms with Gasteiger partial charge in [-0.05, 0) is 23.4 Å². The van der Waals surface area contributed by atoms with Gasteiger partial charge in [0.1, 0.15) is 0 Å². The van der Waals surface area contributed by atoms with Gasteiger partial charge >= 0.3 is 0 Å². The van der Waals surface area contributed by atoms with Gasteiger partial charge in [0, 0.05) is 13.0 Å². The molecule has 0 aromatic carbocycles. The molecule has 5 nitrogen and oxygen atoms in total. The maximum Gasteiger partial charge on any atom is 0.152 e. The van der Waals surface area contributed by atoms with Gasteiger partial charge < -0.3 is 5.73 Å². The molecule has 1 aromatic rings. The van der Waals surface area contributed by atoms with E-state index in [1.165, 1.54) is 12.8 Å². The Morgan fingerprint density at radius 3 is 2.92 bits per heavy atom. The minimum atomic E-state index is 0.605. The molecule has 0 atom stereocenters. The van der Waals surface area contributed by atoms with E-state index in [0.717, 1.165) is 25.2 Å². The van der Waals surface area contributed by atoms with E-state index < -0.39 is 0 Å². The smallest absolute Gasteiger partial charge is 0.152 e. The van der Waals surface area contributed by atoms with Crippen molar-refractivity contribution < 1.29 is 0 Å². The Hall–Kier alpha value is -0.970. The van der Waals surface area contributed by atoms with Crippen LogP contribution in [-0.2, 0) is 13.0 Å². The number of aryl methyl sites for hydroxylation is 1. The summed E-state index contributed by atoms with van der Waals surface area (Å²) in [5.41, 5.74) is 5.43. The summed E-state index contributed by atoms with van der Waals surface area (Å²) >= 11 is 0. The van der Waals surface area contributed by atoms with Crippen molar-refractivity contribution in [1.29, 1.82) is 0 Å². The number of nitrogens with two attached hydrogens (primary N) is 1. The van der Waals surface area contributed by atoms with Crippen molar-refractivity contribution in [2.45, 2.75) is 39.2 Å². The molecule has 0 aliphatic carbocycles. The third kappa shape index (κ3) is 3.10. The third-order valence-electron chi connectivity index (χ3n) is 1.95. The first-order valence-corrected chi connectivity index (χ1v) is 4.83. The van der Waals surface area contributed by atoms with Crippen molar-refractivity contribution in [2.24, 2.45) is 5.73 Å². The summed E-state index contributed by atoms with van der Waals surface area (Å²) < 4.78 is 1.85. The second kappa shape index (κ2) is 5.64. The minimum absolute atomic E-state index is 0.605. The van der Waals surface area contributed by atoms with E-state index in [2.05, 4.69) is 22.4 Å². The maximum absolute atomic E-state index is 5.43. The highest BCUT2D eigenvalue weighted by Gasteiger charge is 2.03. The van der Waals surface area contributed by atoms with E-state index in [1.54, 1.807) is 0 Å². The van der Waals surface area contributed by atoms with E-state index in [1.807, 2.05) is 4.68 Å². The number of tetrazole rings is 1. The summed E-state index contributed by atoms with van der Waals surface area (Å²) in [6.07, 6.45) is 4.34. The topological polar surface area (TPSA) is 69.6 Å². The number of aromatic nitrogens is 4. The molecule has 0 radical (unpaired) electrons. The van der Waals surface area contributed by atoms with E-state index in [-0.39, 0.29) is 0 Å². The van der Waals surface area contributed by atoms with Gasteiger partial charge in [0.15, 0.2) is 5.82 Å². The Morgan fingerprint density at radius 1 is 1.38 bits per heavy atom. The minimum Gasteiger partial charge on any atom is -0.330 e. The molecule has 5 heteroatoms. The summed E-state index contributed by atoms with van der Waals surface area (Å²) in [5, 5.41) is 11.4. The molecule has 0 bridgehead atoms. The lowest BCUT2D eigenvalue weighted by Crippen LogP contribution is -2.11. The van der Waals surface area contributed by atoms with Gasteiger partial charge in [-0.25, -0.2) is 4.68 Å². The second-order valence-corrected chi connectivity index (χ2v) is 3.06. The monoisotopic (exact) mass is 183 g/mol. The number of nitrogens with zero attached hydrogens (tertiary/aromatic N) is 4. The van der Waals surface area contributed by atoms with Gasteiger partial charge in [0.2, 0.25) is 0 Å². The normalized spacial score (nSPS) is 10.6. The van der Waals surface area contributed by atoms with Crippen molar-refractivity contribution in [1.82, 2.24) is 20.2 Å². The summed E-state index contributed by atoms with van der Waals surface area (Å²) in [7, 11) is 0. The summed E-state index contributed by atoms with van der Waals surface area (Å²) in [4.78, 5) is 0. The van der Waals surface area contributed by atoms with Crippen LogP contribution < -0.4 is 5.73 Å².